The summed E-state index contributed by atoms with van der Waals surface area (Å²) >= 11 is 0. The molecule has 0 radical (unpaired) electrons. The topological polar surface area (TPSA) is 61.5 Å². The SMILES string of the molecule is CC(C)(C)OC(=O)C1COCC1N. The molecule has 0 aromatic carbocycles. The molecule has 0 bridgehead atoms. The Bertz CT molecular complexity index is 198. The summed E-state index contributed by atoms with van der Waals surface area (Å²) in [6.07, 6.45) is 0. The van der Waals surface area contributed by atoms with Gasteiger partial charge in [-0.05, 0) is 20.8 Å². The van der Waals surface area contributed by atoms with Crippen LogP contribution >= 0.6 is 0 Å². The van der Waals surface area contributed by atoms with Crippen LogP contribution in [-0.4, -0.2) is 30.8 Å². The van der Waals surface area contributed by atoms with E-state index in [1.165, 1.54) is 0 Å². The molecule has 0 aromatic heterocycles. The number of carbonyl (C=O) groups excluding carboxylic acids is 1. The molecule has 2 unspecified atom stereocenters. The highest BCUT2D eigenvalue weighted by Gasteiger charge is 2.34. The molecule has 1 aliphatic heterocycles. The van der Waals surface area contributed by atoms with Crippen molar-refractivity contribution in [2.75, 3.05) is 13.2 Å². The predicted octanol–water partition coefficient (Wildman–Crippen LogP) is 0.302. The summed E-state index contributed by atoms with van der Waals surface area (Å²) in [5, 5.41) is 0. The minimum absolute atomic E-state index is 0.213. The van der Waals surface area contributed by atoms with Crippen molar-refractivity contribution < 1.29 is 14.3 Å². The number of rotatable bonds is 1. The lowest BCUT2D eigenvalue weighted by Crippen LogP contribution is -2.38. The van der Waals surface area contributed by atoms with E-state index in [1.54, 1.807) is 0 Å². The van der Waals surface area contributed by atoms with Crippen LogP contribution in [0, 0.1) is 5.92 Å². The van der Waals surface area contributed by atoms with Gasteiger partial charge in [0.05, 0.1) is 19.1 Å². The molecule has 0 aliphatic carbocycles. The lowest BCUT2D eigenvalue weighted by atomic mass is 10.0. The van der Waals surface area contributed by atoms with E-state index < -0.39 is 5.60 Å². The Morgan fingerprint density at radius 1 is 1.46 bits per heavy atom. The maximum atomic E-state index is 11.5. The maximum absolute atomic E-state index is 11.5. The fourth-order valence-electron chi connectivity index (χ4n) is 1.19. The summed E-state index contributed by atoms with van der Waals surface area (Å²) in [5.41, 5.74) is 5.23. The van der Waals surface area contributed by atoms with E-state index in [4.69, 9.17) is 15.2 Å². The van der Waals surface area contributed by atoms with E-state index in [1.807, 2.05) is 20.8 Å². The summed E-state index contributed by atoms with van der Waals surface area (Å²) < 4.78 is 10.3. The largest absolute Gasteiger partial charge is 0.460 e. The van der Waals surface area contributed by atoms with Crippen LogP contribution in [0.1, 0.15) is 20.8 Å². The zero-order valence-corrected chi connectivity index (χ0v) is 8.37. The average molecular weight is 187 g/mol. The molecular weight excluding hydrogens is 170 g/mol. The lowest BCUT2D eigenvalue weighted by molar-refractivity contribution is -0.160. The first-order valence-electron chi connectivity index (χ1n) is 4.46. The van der Waals surface area contributed by atoms with Gasteiger partial charge in [0.2, 0.25) is 0 Å². The molecule has 76 valence electrons. The molecule has 1 fully saturated rings. The fraction of sp³-hybridized carbons (Fsp3) is 0.889. The molecular formula is C9H17NO3. The van der Waals surface area contributed by atoms with Crippen molar-refractivity contribution in [2.45, 2.75) is 32.4 Å². The van der Waals surface area contributed by atoms with Gasteiger partial charge in [0, 0.05) is 6.04 Å². The second-order valence-corrected chi connectivity index (χ2v) is 4.34. The Hall–Kier alpha value is -0.610. The van der Waals surface area contributed by atoms with Gasteiger partial charge < -0.3 is 15.2 Å². The smallest absolute Gasteiger partial charge is 0.313 e. The van der Waals surface area contributed by atoms with E-state index in [0.29, 0.717) is 13.2 Å². The molecule has 1 rings (SSSR count). The number of nitrogens with two attached hydrogens (primary N) is 1. The fourth-order valence-corrected chi connectivity index (χ4v) is 1.19. The molecule has 4 heteroatoms. The first kappa shape index (κ1) is 10.5. The van der Waals surface area contributed by atoms with Crippen molar-refractivity contribution in [3.8, 4) is 0 Å². The molecule has 1 saturated heterocycles. The van der Waals surface area contributed by atoms with Crippen LogP contribution < -0.4 is 5.73 Å². The number of esters is 1. The average Bonchev–Trinajstić information content (AvgIpc) is 2.30. The van der Waals surface area contributed by atoms with Crippen molar-refractivity contribution in [2.24, 2.45) is 11.7 Å². The highest BCUT2D eigenvalue weighted by Crippen LogP contribution is 2.17. The minimum atomic E-state index is -0.445. The predicted molar refractivity (Wildman–Crippen MR) is 48.1 cm³/mol. The van der Waals surface area contributed by atoms with E-state index in [0.717, 1.165) is 0 Å². The van der Waals surface area contributed by atoms with Gasteiger partial charge >= 0.3 is 5.97 Å². The first-order chi connectivity index (χ1) is 5.90. The van der Waals surface area contributed by atoms with Crippen LogP contribution in [0.2, 0.25) is 0 Å². The molecule has 2 atom stereocenters. The van der Waals surface area contributed by atoms with Crippen molar-refractivity contribution in [1.82, 2.24) is 0 Å². The van der Waals surface area contributed by atoms with Crippen molar-refractivity contribution in [1.29, 1.82) is 0 Å². The van der Waals surface area contributed by atoms with Crippen LogP contribution in [0.4, 0.5) is 0 Å². The van der Waals surface area contributed by atoms with Gasteiger partial charge in [0.25, 0.3) is 0 Å². The van der Waals surface area contributed by atoms with E-state index in [-0.39, 0.29) is 17.9 Å². The highest BCUT2D eigenvalue weighted by molar-refractivity contribution is 5.74. The standard InChI is InChI=1S/C9H17NO3/c1-9(2,3)13-8(11)6-4-12-5-7(6)10/h6-7H,4-5,10H2,1-3H3. The summed E-state index contributed by atoms with van der Waals surface area (Å²) in [7, 11) is 0. The Morgan fingerprint density at radius 2 is 2.08 bits per heavy atom. The zero-order chi connectivity index (χ0) is 10.1. The van der Waals surface area contributed by atoms with Gasteiger partial charge in [-0.15, -0.1) is 0 Å². The molecule has 0 spiro atoms. The van der Waals surface area contributed by atoms with Gasteiger partial charge in [-0.2, -0.15) is 0 Å². The molecule has 1 aliphatic rings. The molecule has 4 nitrogen and oxygen atoms in total. The first-order valence-corrected chi connectivity index (χ1v) is 4.46. The molecule has 0 saturated carbocycles. The van der Waals surface area contributed by atoms with Crippen LogP contribution in [0.5, 0.6) is 0 Å². The normalized spacial score (nSPS) is 28.9. The Labute approximate surface area is 78.4 Å². The summed E-state index contributed by atoms with van der Waals surface area (Å²) in [5.74, 6) is -0.545. The Morgan fingerprint density at radius 3 is 2.46 bits per heavy atom. The second kappa shape index (κ2) is 3.64. The third-order valence-corrected chi connectivity index (χ3v) is 1.83. The van der Waals surface area contributed by atoms with Gasteiger partial charge in [0.15, 0.2) is 0 Å². The Kier molecular flexibility index (Phi) is 2.93. The molecule has 0 aromatic rings. The van der Waals surface area contributed by atoms with Crippen LogP contribution in [-0.2, 0) is 14.3 Å². The van der Waals surface area contributed by atoms with E-state index in [9.17, 15) is 4.79 Å². The number of hydrogen-bond donors (Lipinski definition) is 1. The monoisotopic (exact) mass is 187 g/mol. The third-order valence-electron chi connectivity index (χ3n) is 1.83. The summed E-state index contributed by atoms with van der Waals surface area (Å²) in [6.45, 7) is 6.35. The van der Waals surface area contributed by atoms with Crippen LogP contribution in [0.15, 0.2) is 0 Å². The van der Waals surface area contributed by atoms with Crippen molar-refractivity contribution in [3.05, 3.63) is 0 Å². The molecule has 2 N–H and O–H groups in total. The molecule has 1 heterocycles. The number of carbonyl (C=O) groups is 1. The van der Waals surface area contributed by atoms with Gasteiger partial charge in [-0.3, -0.25) is 4.79 Å². The third kappa shape index (κ3) is 2.97. The van der Waals surface area contributed by atoms with Crippen molar-refractivity contribution in [3.63, 3.8) is 0 Å². The summed E-state index contributed by atoms with van der Waals surface area (Å²) in [4.78, 5) is 11.5. The van der Waals surface area contributed by atoms with Crippen LogP contribution in [0.25, 0.3) is 0 Å². The zero-order valence-electron chi connectivity index (χ0n) is 8.37. The maximum Gasteiger partial charge on any atom is 0.313 e. The van der Waals surface area contributed by atoms with Gasteiger partial charge in [-0.1, -0.05) is 0 Å². The van der Waals surface area contributed by atoms with Gasteiger partial charge in [0.1, 0.15) is 5.60 Å². The lowest BCUT2D eigenvalue weighted by Gasteiger charge is -2.22. The molecule has 13 heavy (non-hydrogen) atoms. The number of ether oxygens (including phenoxy) is 2. The van der Waals surface area contributed by atoms with Gasteiger partial charge in [-0.25, -0.2) is 0 Å². The second-order valence-electron chi connectivity index (χ2n) is 4.34. The van der Waals surface area contributed by atoms with Crippen LogP contribution in [0.3, 0.4) is 0 Å². The van der Waals surface area contributed by atoms with E-state index in [2.05, 4.69) is 0 Å². The van der Waals surface area contributed by atoms with Crippen molar-refractivity contribution >= 4 is 5.97 Å². The number of hydrogen-bond acceptors (Lipinski definition) is 4. The Balaban J connectivity index is 2.48. The van der Waals surface area contributed by atoms with E-state index >= 15 is 0 Å². The molecule has 0 amide bonds. The highest BCUT2D eigenvalue weighted by atomic mass is 16.6. The summed E-state index contributed by atoms with van der Waals surface area (Å²) in [6, 6.07) is -0.213. The quantitative estimate of drug-likeness (QED) is 0.600. The minimum Gasteiger partial charge on any atom is -0.460 e.